The van der Waals surface area contributed by atoms with Crippen LogP contribution in [0, 0.1) is 0 Å². The van der Waals surface area contributed by atoms with Crippen molar-refractivity contribution in [2.75, 3.05) is 18.5 Å². The number of rotatable bonds is 4. The molecule has 1 aliphatic carbocycles. The van der Waals surface area contributed by atoms with Gasteiger partial charge in [0, 0.05) is 12.0 Å². The summed E-state index contributed by atoms with van der Waals surface area (Å²) in [5, 5.41) is 10.1. The highest BCUT2D eigenvalue weighted by Crippen LogP contribution is 2.38. The Kier molecular flexibility index (Phi) is 3.53. The standard InChI is InChI=1S/C17H17N5O2S/c23-15-4-3-11(10-1-2-10)21-22(15)14-8-24-7-13(14)20-17-16-12(5-6-25-16)18-9-19-17/h3-6,9-10,13-14H,1-2,7-8H2,(H,18,19,20). The molecular formula is C17H17N5O2S. The Hall–Kier alpha value is -2.32. The highest BCUT2D eigenvalue weighted by atomic mass is 32.1. The van der Waals surface area contributed by atoms with Gasteiger partial charge in [0.15, 0.2) is 0 Å². The Balaban J connectivity index is 1.47. The highest BCUT2D eigenvalue weighted by molar-refractivity contribution is 7.17. The van der Waals surface area contributed by atoms with Crippen molar-refractivity contribution in [2.24, 2.45) is 0 Å². The molecule has 128 valence electrons. The number of nitrogens with one attached hydrogen (secondary N) is 1. The molecule has 0 spiro atoms. The van der Waals surface area contributed by atoms with E-state index in [2.05, 4.69) is 20.4 Å². The normalized spacial score (nSPS) is 23.2. The summed E-state index contributed by atoms with van der Waals surface area (Å²) in [6.07, 6.45) is 3.87. The Bertz CT molecular complexity index is 980. The second-order valence-corrected chi connectivity index (χ2v) is 7.44. The summed E-state index contributed by atoms with van der Waals surface area (Å²) in [6, 6.07) is 5.25. The molecule has 3 aromatic rings. The topological polar surface area (TPSA) is 81.9 Å². The van der Waals surface area contributed by atoms with Crippen molar-refractivity contribution < 1.29 is 4.74 Å². The largest absolute Gasteiger partial charge is 0.377 e. The highest BCUT2D eigenvalue weighted by Gasteiger charge is 2.33. The molecule has 8 heteroatoms. The average molecular weight is 355 g/mol. The predicted octanol–water partition coefficient (Wildman–Crippen LogP) is 2.18. The quantitative estimate of drug-likeness (QED) is 0.772. The van der Waals surface area contributed by atoms with E-state index in [1.165, 1.54) is 0 Å². The molecule has 5 rings (SSSR count). The lowest BCUT2D eigenvalue weighted by molar-refractivity contribution is 0.182. The molecule has 1 N–H and O–H groups in total. The van der Waals surface area contributed by atoms with E-state index in [4.69, 9.17) is 4.74 Å². The average Bonchev–Trinajstić information content (AvgIpc) is 3.17. The van der Waals surface area contributed by atoms with Gasteiger partial charge in [0.2, 0.25) is 0 Å². The number of aromatic nitrogens is 4. The summed E-state index contributed by atoms with van der Waals surface area (Å²) < 4.78 is 8.26. The number of anilines is 1. The predicted molar refractivity (Wildman–Crippen MR) is 95.2 cm³/mol. The van der Waals surface area contributed by atoms with Crippen LogP contribution in [0.5, 0.6) is 0 Å². The van der Waals surface area contributed by atoms with Gasteiger partial charge in [-0.15, -0.1) is 11.3 Å². The smallest absolute Gasteiger partial charge is 0.267 e. The van der Waals surface area contributed by atoms with E-state index in [9.17, 15) is 4.79 Å². The van der Waals surface area contributed by atoms with Crippen molar-refractivity contribution in [3.63, 3.8) is 0 Å². The first-order chi connectivity index (χ1) is 12.3. The molecule has 25 heavy (non-hydrogen) atoms. The van der Waals surface area contributed by atoms with Crippen molar-refractivity contribution in [3.8, 4) is 0 Å². The van der Waals surface area contributed by atoms with Crippen LogP contribution in [0.3, 0.4) is 0 Å². The number of thiophene rings is 1. The van der Waals surface area contributed by atoms with Gasteiger partial charge in [-0.05, 0) is 30.4 Å². The molecule has 2 aliphatic rings. The van der Waals surface area contributed by atoms with Crippen LogP contribution in [0.1, 0.15) is 30.5 Å². The maximum Gasteiger partial charge on any atom is 0.267 e. The lowest BCUT2D eigenvalue weighted by Crippen LogP contribution is -2.37. The second-order valence-electron chi connectivity index (χ2n) is 6.53. The Morgan fingerprint density at radius 1 is 1.20 bits per heavy atom. The van der Waals surface area contributed by atoms with E-state index in [-0.39, 0.29) is 17.6 Å². The van der Waals surface area contributed by atoms with Crippen LogP contribution < -0.4 is 10.9 Å². The van der Waals surface area contributed by atoms with Gasteiger partial charge in [-0.1, -0.05) is 0 Å². The van der Waals surface area contributed by atoms with Crippen LogP contribution in [-0.2, 0) is 4.74 Å². The third-order valence-electron chi connectivity index (χ3n) is 4.77. The van der Waals surface area contributed by atoms with Gasteiger partial charge in [0.25, 0.3) is 5.56 Å². The molecule has 1 saturated heterocycles. The molecular weight excluding hydrogens is 338 g/mol. The van der Waals surface area contributed by atoms with Gasteiger partial charge >= 0.3 is 0 Å². The summed E-state index contributed by atoms with van der Waals surface area (Å²) in [7, 11) is 0. The Morgan fingerprint density at radius 2 is 2.12 bits per heavy atom. The first-order valence-corrected chi connectivity index (χ1v) is 9.30. The molecule has 0 amide bonds. The number of ether oxygens (including phenoxy) is 1. The van der Waals surface area contributed by atoms with Crippen LogP contribution in [0.25, 0.3) is 10.2 Å². The van der Waals surface area contributed by atoms with Crippen molar-refractivity contribution in [2.45, 2.75) is 30.8 Å². The molecule has 2 unspecified atom stereocenters. The van der Waals surface area contributed by atoms with E-state index in [0.29, 0.717) is 19.1 Å². The lowest BCUT2D eigenvalue weighted by atomic mass is 10.1. The van der Waals surface area contributed by atoms with Crippen molar-refractivity contribution in [1.82, 2.24) is 19.7 Å². The van der Waals surface area contributed by atoms with E-state index < -0.39 is 0 Å². The summed E-state index contributed by atoms with van der Waals surface area (Å²) in [5.41, 5.74) is 1.84. The molecule has 7 nitrogen and oxygen atoms in total. The first kappa shape index (κ1) is 15.0. The molecule has 3 aromatic heterocycles. The van der Waals surface area contributed by atoms with Crippen LogP contribution in [-0.4, -0.2) is 39.0 Å². The minimum Gasteiger partial charge on any atom is -0.377 e. The molecule has 2 atom stereocenters. The van der Waals surface area contributed by atoms with Gasteiger partial charge in [-0.25, -0.2) is 14.6 Å². The zero-order valence-corrected chi connectivity index (χ0v) is 14.3. The van der Waals surface area contributed by atoms with Gasteiger partial charge in [-0.2, -0.15) is 5.10 Å². The van der Waals surface area contributed by atoms with E-state index in [0.717, 1.165) is 34.6 Å². The van der Waals surface area contributed by atoms with Gasteiger partial charge < -0.3 is 10.1 Å². The number of nitrogens with zero attached hydrogens (tertiary/aromatic N) is 4. The first-order valence-electron chi connectivity index (χ1n) is 8.42. The van der Waals surface area contributed by atoms with Crippen LogP contribution in [0.4, 0.5) is 5.82 Å². The number of fused-ring (bicyclic) bond motifs is 1. The van der Waals surface area contributed by atoms with Crippen LogP contribution >= 0.6 is 11.3 Å². The Morgan fingerprint density at radius 3 is 3.00 bits per heavy atom. The SMILES string of the molecule is O=c1ccc(C2CC2)nn1C1COCC1Nc1ncnc2ccsc12. The monoisotopic (exact) mass is 355 g/mol. The summed E-state index contributed by atoms with van der Waals surface area (Å²) in [5.74, 6) is 1.29. The molecule has 4 heterocycles. The van der Waals surface area contributed by atoms with E-state index in [1.807, 2.05) is 17.5 Å². The molecule has 2 fully saturated rings. The summed E-state index contributed by atoms with van der Waals surface area (Å²) >= 11 is 1.60. The summed E-state index contributed by atoms with van der Waals surface area (Å²) in [6.45, 7) is 0.987. The maximum atomic E-state index is 12.4. The van der Waals surface area contributed by atoms with Crippen molar-refractivity contribution >= 4 is 27.4 Å². The minimum absolute atomic E-state index is 0.0557. The number of hydrogen-bond acceptors (Lipinski definition) is 7. The van der Waals surface area contributed by atoms with E-state index >= 15 is 0 Å². The van der Waals surface area contributed by atoms with Gasteiger partial charge in [0.1, 0.15) is 18.2 Å². The van der Waals surface area contributed by atoms with Crippen LogP contribution in [0.2, 0.25) is 0 Å². The van der Waals surface area contributed by atoms with Gasteiger partial charge in [0.05, 0.1) is 35.2 Å². The fraction of sp³-hybridized carbons (Fsp3) is 0.412. The second kappa shape index (κ2) is 5.89. The Labute approximate surface area is 147 Å². The van der Waals surface area contributed by atoms with E-state index in [1.54, 1.807) is 28.4 Å². The zero-order valence-electron chi connectivity index (χ0n) is 13.5. The minimum atomic E-state index is -0.142. The molecule has 0 radical (unpaired) electrons. The third kappa shape index (κ3) is 2.71. The van der Waals surface area contributed by atoms with Gasteiger partial charge in [-0.3, -0.25) is 4.79 Å². The third-order valence-corrected chi connectivity index (χ3v) is 5.68. The lowest BCUT2D eigenvalue weighted by Gasteiger charge is -2.21. The fourth-order valence-corrected chi connectivity index (χ4v) is 4.06. The molecule has 1 saturated carbocycles. The molecule has 0 aromatic carbocycles. The zero-order chi connectivity index (χ0) is 16.8. The van der Waals surface area contributed by atoms with Crippen molar-refractivity contribution in [1.29, 1.82) is 0 Å². The van der Waals surface area contributed by atoms with Crippen LogP contribution in [0.15, 0.2) is 34.7 Å². The fourth-order valence-electron chi connectivity index (χ4n) is 3.26. The molecule has 1 aliphatic heterocycles. The number of hydrogen-bond donors (Lipinski definition) is 1. The molecule has 0 bridgehead atoms. The maximum absolute atomic E-state index is 12.4. The van der Waals surface area contributed by atoms with Crippen molar-refractivity contribution in [3.05, 3.63) is 46.0 Å². The summed E-state index contributed by atoms with van der Waals surface area (Å²) in [4.78, 5) is 21.0.